The van der Waals surface area contributed by atoms with Crippen molar-refractivity contribution in [2.24, 2.45) is 7.05 Å². The molecule has 0 spiro atoms. The lowest BCUT2D eigenvalue weighted by Gasteiger charge is -2.07. The molecular formula is C19H18ClFN2O. The first-order valence-corrected chi connectivity index (χ1v) is 8.15. The van der Waals surface area contributed by atoms with Gasteiger partial charge < -0.3 is 9.88 Å². The molecule has 0 saturated heterocycles. The monoisotopic (exact) mass is 344 g/mol. The minimum Gasteiger partial charge on any atom is -0.352 e. The van der Waals surface area contributed by atoms with E-state index in [4.69, 9.17) is 11.6 Å². The lowest BCUT2D eigenvalue weighted by atomic mass is 10.1. The van der Waals surface area contributed by atoms with E-state index in [1.807, 2.05) is 19.3 Å². The Balaban J connectivity index is 1.54. The van der Waals surface area contributed by atoms with Crippen LogP contribution in [0.1, 0.15) is 17.5 Å². The molecule has 0 radical (unpaired) electrons. The van der Waals surface area contributed by atoms with Gasteiger partial charge in [0.1, 0.15) is 5.82 Å². The highest BCUT2D eigenvalue weighted by Gasteiger charge is 2.06. The first kappa shape index (κ1) is 16.5. The van der Waals surface area contributed by atoms with Crippen LogP contribution in [-0.2, 0) is 24.8 Å². The highest BCUT2D eigenvalue weighted by molar-refractivity contribution is 6.31. The van der Waals surface area contributed by atoms with E-state index in [2.05, 4.69) is 28.1 Å². The highest BCUT2D eigenvalue weighted by Crippen LogP contribution is 2.18. The number of amides is 1. The second kappa shape index (κ2) is 7.05. The number of aromatic nitrogens is 1. The summed E-state index contributed by atoms with van der Waals surface area (Å²) in [5, 5.41) is 4.32. The van der Waals surface area contributed by atoms with E-state index >= 15 is 0 Å². The van der Waals surface area contributed by atoms with Gasteiger partial charge in [-0.25, -0.2) is 4.39 Å². The maximum atomic E-state index is 13.0. The van der Waals surface area contributed by atoms with Gasteiger partial charge in [-0.05, 0) is 53.3 Å². The Labute approximate surface area is 145 Å². The van der Waals surface area contributed by atoms with Crippen molar-refractivity contribution in [1.82, 2.24) is 9.88 Å². The van der Waals surface area contributed by atoms with E-state index in [9.17, 15) is 9.18 Å². The van der Waals surface area contributed by atoms with Gasteiger partial charge in [-0.2, -0.15) is 0 Å². The van der Waals surface area contributed by atoms with Crippen molar-refractivity contribution in [3.05, 3.63) is 70.6 Å². The SMILES string of the molecule is Cn1ccc2cc(CCC(=O)NCc3ccc(F)cc3Cl)ccc21. The predicted octanol–water partition coefficient (Wildman–Crippen LogP) is 4.22. The summed E-state index contributed by atoms with van der Waals surface area (Å²) in [4.78, 5) is 12.0. The molecule has 1 aromatic heterocycles. The normalized spacial score (nSPS) is 11.0. The Bertz CT molecular complexity index is 888. The number of carbonyl (C=O) groups excluding carboxylic acids is 1. The van der Waals surface area contributed by atoms with Gasteiger partial charge in [-0.15, -0.1) is 0 Å². The van der Waals surface area contributed by atoms with Crippen LogP contribution in [0.4, 0.5) is 4.39 Å². The first-order valence-electron chi connectivity index (χ1n) is 7.77. The Morgan fingerprint density at radius 2 is 2.04 bits per heavy atom. The maximum Gasteiger partial charge on any atom is 0.220 e. The molecular weight excluding hydrogens is 327 g/mol. The van der Waals surface area contributed by atoms with Crippen LogP contribution in [0, 0.1) is 5.82 Å². The number of carbonyl (C=O) groups is 1. The van der Waals surface area contributed by atoms with Crippen LogP contribution < -0.4 is 5.32 Å². The lowest BCUT2D eigenvalue weighted by Crippen LogP contribution is -2.23. The number of benzene rings is 2. The van der Waals surface area contributed by atoms with Crippen molar-refractivity contribution in [3.8, 4) is 0 Å². The Hall–Kier alpha value is -2.33. The Morgan fingerprint density at radius 1 is 1.21 bits per heavy atom. The van der Waals surface area contributed by atoms with Gasteiger partial charge in [0.15, 0.2) is 0 Å². The molecule has 124 valence electrons. The molecule has 0 unspecified atom stereocenters. The van der Waals surface area contributed by atoms with Crippen molar-refractivity contribution in [2.45, 2.75) is 19.4 Å². The van der Waals surface area contributed by atoms with Gasteiger partial charge in [-0.1, -0.05) is 23.7 Å². The van der Waals surface area contributed by atoms with Gasteiger partial charge in [-0.3, -0.25) is 4.79 Å². The molecule has 1 amide bonds. The average molecular weight is 345 g/mol. The minimum atomic E-state index is -0.383. The third kappa shape index (κ3) is 3.77. The fourth-order valence-corrected chi connectivity index (χ4v) is 2.93. The summed E-state index contributed by atoms with van der Waals surface area (Å²) in [6, 6.07) is 12.5. The highest BCUT2D eigenvalue weighted by atomic mass is 35.5. The second-order valence-corrected chi connectivity index (χ2v) is 6.24. The fourth-order valence-electron chi connectivity index (χ4n) is 2.69. The number of fused-ring (bicyclic) bond motifs is 1. The number of hydrogen-bond acceptors (Lipinski definition) is 1. The molecule has 0 saturated carbocycles. The summed E-state index contributed by atoms with van der Waals surface area (Å²) in [6.07, 6.45) is 3.10. The summed E-state index contributed by atoms with van der Waals surface area (Å²) >= 11 is 5.95. The molecule has 3 nitrogen and oxygen atoms in total. The fraction of sp³-hybridized carbons (Fsp3) is 0.211. The van der Waals surface area contributed by atoms with Crippen molar-refractivity contribution >= 4 is 28.4 Å². The maximum absolute atomic E-state index is 13.0. The Kier molecular flexibility index (Phi) is 4.86. The van der Waals surface area contributed by atoms with Crippen LogP contribution in [0.2, 0.25) is 5.02 Å². The molecule has 3 rings (SSSR count). The zero-order valence-electron chi connectivity index (χ0n) is 13.4. The van der Waals surface area contributed by atoms with Crippen molar-refractivity contribution in [1.29, 1.82) is 0 Å². The smallest absolute Gasteiger partial charge is 0.220 e. The molecule has 5 heteroatoms. The molecule has 1 heterocycles. The largest absolute Gasteiger partial charge is 0.352 e. The zero-order chi connectivity index (χ0) is 17.1. The van der Waals surface area contributed by atoms with Gasteiger partial charge in [0, 0.05) is 36.7 Å². The molecule has 0 aliphatic carbocycles. The average Bonchev–Trinajstić information content (AvgIpc) is 2.93. The number of nitrogens with one attached hydrogen (secondary N) is 1. The van der Waals surface area contributed by atoms with E-state index in [0.717, 1.165) is 5.56 Å². The van der Waals surface area contributed by atoms with Crippen LogP contribution in [-0.4, -0.2) is 10.5 Å². The van der Waals surface area contributed by atoms with Crippen molar-refractivity contribution in [3.63, 3.8) is 0 Å². The zero-order valence-corrected chi connectivity index (χ0v) is 14.1. The van der Waals surface area contributed by atoms with Crippen LogP contribution in [0.3, 0.4) is 0 Å². The number of nitrogens with zero attached hydrogens (tertiary/aromatic N) is 1. The summed E-state index contributed by atoms with van der Waals surface area (Å²) in [6.45, 7) is 0.301. The number of rotatable bonds is 5. The van der Waals surface area contributed by atoms with E-state index in [-0.39, 0.29) is 11.7 Å². The summed E-state index contributed by atoms with van der Waals surface area (Å²) in [5.74, 6) is -0.435. The molecule has 24 heavy (non-hydrogen) atoms. The summed E-state index contributed by atoms with van der Waals surface area (Å²) < 4.78 is 15.1. The summed E-state index contributed by atoms with van der Waals surface area (Å²) in [5.41, 5.74) is 3.01. The quantitative estimate of drug-likeness (QED) is 0.738. The first-order chi connectivity index (χ1) is 11.5. The van der Waals surface area contributed by atoms with E-state index < -0.39 is 0 Å². The molecule has 0 atom stereocenters. The van der Waals surface area contributed by atoms with Gasteiger partial charge in [0.05, 0.1) is 0 Å². The van der Waals surface area contributed by atoms with Crippen LogP contribution in [0.25, 0.3) is 10.9 Å². The van der Waals surface area contributed by atoms with Crippen LogP contribution >= 0.6 is 11.6 Å². The van der Waals surface area contributed by atoms with E-state index in [0.29, 0.717) is 30.0 Å². The Morgan fingerprint density at radius 3 is 2.83 bits per heavy atom. The second-order valence-electron chi connectivity index (χ2n) is 5.83. The number of aryl methyl sites for hydroxylation is 2. The predicted molar refractivity (Wildman–Crippen MR) is 94.5 cm³/mol. The minimum absolute atomic E-state index is 0.0523. The molecule has 0 aliphatic heterocycles. The van der Waals surface area contributed by atoms with E-state index in [1.54, 1.807) is 6.07 Å². The third-order valence-corrected chi connectivity index (χ3v) is 4.43. The van der Waals surface area contributed by atoms with Crippen LogP contribution in [0.5, 0.6) is 0 Å². The molecule has 2 aromatic carbocycles. The molecule has 0 fully saturated rings. The standard InChI is InChI=1S/C19H18ClFN2O/c1-23-9-8-14-10-13(2-6-18(14)23)3-7-19(24)22-12-15-4-5-16(21)11-17(15)20/h2,4-6,8-11H,3,7,12H2,1H3,(H,22,24). The van der Waals surface area contributed by atoms with Gasteiger partial charge in [0.25, 0.3) is 0 Å². The topological polar surface area (TPSA) is 34.0 Å². The molecule has 0 bridgehead atoms. The van der Waals surface area contributed by atoms with Crippen LogP contribution in [0.15, 0.2) is 48.7 Å². The number of hydrogen-bond donors (Lipinski definition) is 1. The van der Waals surface area contributed by atoms with Gasteiger partial charge >= 0.3 is 0 Å². The van der Waals surface area contributed by atoms with Gasteiger partial charge in [0.2, 0.25) is 5.91 Å². The summed E-state index contributed by atoms with van der Waals surface area (Å²) in [7, 11) is 2.01. The third-order valence-electron chi connectivity index (χ3n) is 4.08. The molecule has 0 aliphatic rings. The van der Waals surface area contributed by atoms with Crippen molar-refractivity contribution in [2.75, 3.05) is 0 Å². The molecule has 3 aromatic rings. The number of halogens is 2. The van der Waals surface area contributed by atoms with Crippen molar-refractivity contribution < 1.29 is 9.18 Å². The molecule has 1 N–H and O–H groups in total. The van der Waals surface area contributed by atoms with E-state index in [1.165, 1.54) is 23.0 Å². The lowest BCUT2D eigenvalue weighted by molar-refractivity contribution is -0.121.